The fourth-order valence-corrected chi connectivity index (χ4v) is 4.22. The number of nitrogens with one attached hydrogen (secondary N) is 1. The fourth-order valence-electron chi connectivity index (χ4n) is 3.12. The van der Waals surface area contributed by atoms with Crippen LogP contribution in [0.2, 0.25) is 0 Å². The standard InChI is InChI=1S/C18H14N6S/c1-24-9-23-15(11-2-3-13-10(6-11)4-5-20-13)16(24)14-7-12-17(19)21-8-22-18(12)25-14/h2-9,20H,1H3,(H2,19,21,22). The number of aromatic amines is 1. The molecular weight excluding hydrogens is 332 g/mol. The van der Waals surface area contributed by atoms with Crippen LogP contribution < -0.4 is 5.73 Å². The van der Waals surface area contributed by atoms with Gasteiger partial charge in [-0.15, -0.1) is 11.3 Å². The summed E-state index contributed by atoms with van der Waals surface area (Å²) < 4.78 is 2.03. The second-order valence-electron chi connectivity index (χ2n) is 5.92. The molecule has 0 aliphatic heterocycles. The Bertz CT molecular complexity index is 1230. The van der Waals surface area contributed by atoms with Crippen molar-refractivity contribution in [1.29, 1.82) is 0 Å². The van der Waals surface area contributed by atoms with Gasteiger partial charge in [-0.05, 0) is 24.3 Å². The molecule has 5 rings (SSSR count). The van der Waals surface area contributed by atoms with Crippen LogP contribution in [-0.2, 0) is 7.05 Å². The van der Waals surface area contributed by atoms with Crippen molar-refractivity contribution in [3.63, 3.8) is 0 Å². The highest BCUT2D eigenvalue weighted by atomic mass is 32.1. The molecule has 0 bridgehead atoms. The van der Waals surface area contributed by atoms with Gasteiger partial charge in [0.25, 0.3) is 0 Å². The van der Waals surface area contributed by atoms with E-state index in [2.05, 4.69) is 44.2 Å². The molecular formula is C18H14N6S. The van der Waals surface area contributed by atoms with Crippen molar-refractivity contribution in [3.8, 4) is 21.8 Å². The minimum atomic E-state index is 0.505. The summed E-state index contributed by atoms with van der Waals surface area (Å²) in [7, 11) is 2.00. The fraction of sp³-hybridized carbons (Fsp3) is 0.0556. The minimum Gasteiger partial charge on any atom is -0.383 e. The van der Waals surface area contributed by atoms with Gasteiger partial charge in [-0.25, -0.2) is 15.0 Å². The molecule has 0 fully saturated rings. The normalized spacial score (nSPS) is 11.6. The van der Waals surface area contributed by atoms with Gasteiger partial charge in [-0.1, -0.05) is 6.07 Å². The molecule has 7 heteroatoms. The van der Waals surface area contributed by atoms with Gasteiger partial charge >= 0.3 is 0 Å². The zero-order chi connectivity index (χ0) is 17.0. The molecule has 0 spiro atoms. The lowest BCUT2D eigenvalue weighted by Gasteiger charge is -2.04. The van der Waals surface area contributed by atoms with Gasteiger partial charge in [-0.2, -0.15) is 0 Å². The molecule has 0 aliphatic rings. The van der Waals surface area contributed by atoms with Crippen LogP contribution in [0.1, 0.15) is 0 Å². The molecule has 0 aliphatic carbocycles. The van der Waals surface area contributed by atoms with E-state index in [4.69, 9.17) is 5.73 Å². The van der Waals surface area contributed by atoms with Crippen LogP contribution in [0.3, 0.4) is 0 Å². The molecule has 6 nitrogen and oxygen atoms in total. The van der Waals surface area contributed by atoms with E-state index in [1.807, 2.05) is 30.2 Å². The number of thiophene rings is 1. The summed E-state index contributed by atoms with van der Waals surface area (Å²) in [5.74, 6) is 0.505. The maximum atomic E-state index is 5.99. The van der Waals surface area contributed by atoms with E-state index >= 15 is 0 Å². The third kappa shape index (κ3) is 2.13. The zero-order valence-corrected chi connectivity index (χ0v) is 14.2. The van der Waals surface area contributed by atoms with Gasteiger partial charge in [0.2, 0.25) is 0 Å². The summed E-state index contributed by atoms with van der Waals surface area (Å²) in [5.41, 5.74) is 10.2. The molecule has 0 amide bonds. The molecule has 0 unspecified atom stereocenters. The van der Waals surface area contributed by atoms with Gasteiger partial charge in [-0.3, -0.25) is 0 Å². The van der Waals surface area contributed by atoms with Crippen molar-refractivity contribution in [2.24, 2.45) is 7.05 Å². The van der Waals surface area contributed by atoms with Crippen LogP contribution in [0.4, 0.5) is 5.82 Å². The molecule has 3 N–H and O–H groups in total. The monoisotopic (exact) mass is 346 g/mol. The number of imidazole rings is 1. The van der Waals surface area contributed by atoms with Gasteiger partial charge < -0.3 is 15.3 Å². The maximum Gasteiger partial charge on any atom is 0.135 e. The van der Waals surface area contributed by atoms with Crippen molar-refractivity contribution in [2.45, 2.75) is 0 Å². The Morgan fingerprint density at radius 3 is 2.92 bits per heavy atom. The molecule has 4 heterocycles. The maximum absolute atomic E-state index is 5.99. The van der Waals surface area contributed by atoms with Crippen LogP contribution in [0.15, 0.2) is 49.2 Å². The molecule has 122 valence electrons. The summed E-state index contributed by atoms with van der Waals surface area (Å²) in [5, 5.41) is 2.05. The number of benzene rings is 1. The highest BCUT2D eigenvalue weighted by Crippen LogP contribution is 2.39. The number of rotatable bonds is 2. The van der Waals surface area contributed by atoms with Crippen LogP contribution in [0, 0.1) is 0 Å². The van der Waals surface area contributed by atoms with Crippen molar-refractivity contribution >= 4 is 38.3 Å². The summed E-state index contributed by atoms with van der Waals surface area (Å²) in [4.78, 5) is 18.2. The quantitative estimate of drug-likeness (QED) is 0.509. The third-order valence-corrected chi connectivity index (χ3v) is 5.41. The number of H-pyrrole nitrogens is 1. The second-order valence-corrected chi connectivity index (χ2v) is 6.95. The number of nitrogens with zero attached hydrogens (tertiary/aromatic N) is 4. The van der Waals surface area contributed by atoms with E-state index < -0.39 is 0 Å². The van der Waals surface area contributed by atoms with Gasteiger partial charge in [0.15, 0.2) is 0 Å². The lowest BCUT2D eigenvalue weighted by Crippen LogP contribution is -1.90. The van der Waals surface area contributed by atoms with E-state index in [0.717, 1.165) is 37.6 Å². The SMILES string of the molecule is Cn1cnc(-c2ccc3[nH]ccc3c2)c1-c1cc2c(N)ncnc2s1. The Morgan fingerprint density at radius 2 is 2.04 bits per heavy atom. The van der Waals surface area contributed by atoms with Crippen molar-refractivity contribution < 1.29 is 0 Å². The van der Waals surface area contributed by atoms with Crippen LogP contribution in [0.25, 0.3) is 42.9 Å². The predicted octanol–water partition coefficient (Wildman–Crippen LogP) is 3.82. The number of nitrogens with two attached hydrogens (primary N) is 1. The predicted molar refractivity (Wildman–Crippen MR) is 101 cm³/mol. The largest absolute Gasteiger partial charge is 0.383 e. The smallest absolute Gasteiger partial charge is 0.135 e. The third-order valence-electron chi connectivity index (χ3n) is 4.36. The van der Waals surface area contributed by atoms with Crippen molar-refractivity contribution in [1.82, 2.24) is 24.5 Å². The lowest BCUT2D eigenvalue weighted by atomic mass is 10.1. The second kappa shape index (κ2) is 5.15. The van der Waals surface area contributed by atoms with Crippen molar-refractivity contribution in [3.05, 3.63) is 49.2 Å². The molecule has 4 aromatic heterocycles. The van der Waals surface area contributed by atoms with Gasteiger partial charge in [0, 0.05) is 29.7 Å². The average molecular weight is 346 g/mol. The highest BCUT2D eigenvalue weighted by molar-refractivity contribution is 7.21. The first-order chi connectivity index (χ1) is 12.2. The van der Waals surface area contributed by atoms with Gasteiger partial charge in [0.1, 0.15) is 17.0 Å². The van der Waals surface area contributed by atoms with E-state index in [9.17, 15) is 0 Å². The van der Waals surface area contributed by atoms with E-state index in [1.54, 1.807) is 11.3 Å². The molecule has 0 saturated heterocycles. The number of fused-ring (bicyclic) bond motifs is 2. The first-order valence-corrected chi connectivity index (χ1v) is 8.61. The topological polar surface area (TPSA) is 85.4 Å². The molecule has 0 saturated carbocycles. The van der Waals surface area contributed by atoms with Crippen LogP contribution in [0.5, 0.6) is 0 Å². The molecule has 5 aromatic rings. The van der Waals surface area contributed by atoms with Crippen molar-refractivity contribution in [2.75, 3.05) is 5.73 Å². The van der Waals surface area contributed by atoms with E-state index in [-0.39, 0.29) is 0 Å². The summed E-state index contributed by atoms with van der Waals surface area (Å²) in [6.07, 6.45) is 5.29. The molecule has 25 heavy (non-hydrogen) atoms. The number of nitrogen functional groups attached to an aromatic ring is 1. The first kappa shape index (κ1) is 14.2. The Hall–Kier alpha value is -3.19. The molecule has 0 atom stereocenters. The Morgan fingerprint density at radius 1 is 1.12 bits per heavy atom. The van der Waals surface area contributed by atoms with Gasteiger partial charge in [0.05, 0.1) is 28.0 Å². The first-order valence-electron chi connectivity index (χ1n) is 7.80. The molecule has 1 aromatic carbocycles. The van der Waals surface area contributed by atoms with E-state index in [1.165, 1.54) is 11.7 Å². The summed E-state index contributed by atoms with van der Waals surface area (Å²) in [6, 6.07) is 10.4. The average Bonchev–Trinajstić information content (AvgIpc) is 3.31. The number of aryl methyl sites for hydroxylation is 1. The Kier molecular flexibility index (Phi) is 2.92. The number of hydrogen-bond acceptors (Lipinski definition) is 5. The minimum absolute atomic E-state index is 0.505. The van der Waals surface area contributed by atoms with E-state index in [0.29, 0.717) is 5.82 Å². The Balaban J connectivity index is 1.73. The van der Waals surface area contributed by atoms with Crippen LogP contribution >= 0.6 is 11.3 Å². The lowest BCUT2D eigenvalue weighted by molar-refractivity contribution is 0.924. The zero-order valence-electron chi connectivity index (χ0n) is 13.4. The summed E-state index contributed by atoms with van der Waals surface area (Å²) in [6.45, 7) is 0. The molecule has 0 radical (unpaired) electrons. The highest BCUT2D eigenvalue weighted by Gasteiger charge is 2.17. The number of aromatic nitrogens is 5. The number of anilines is 1. The number of hydrogen-bond donors (Lipinski definition) is 2. The summed E-state index contributed by atoms with van der Waals surface area (Å²) >= 11 is 1.60. The van der Waals surface area contributed by atoms with Crippen LogP contribution in [-0.4, -0.2) is 24.5 Å². The Labute approximate surface area is 147 Å².